The Bertz CT molecular complexity index is 928. The first-order chi connectivity index (χ1) is 13.2. The Hall–Kier alpha value is -2.80. The number of carbonyl (C=O) groups is 1. The molecule has 7 heteroatoms. The van der Waals surface area contributed by atoms with Gasteiger partial charge in [-0.15, -0.1) is 5.10 Å². The number of rotatable bonds is 5. The summed E-state index contributed by atoms with van der Waals surface area (Å²) in [4.78, 5) is 17.0. The zero-order valence-corrected chi connectivity index (χ0v) is 15.7. The highest BCUT2D eigenvalue weighted by Crippen LogP contribution is 2.32. The normalized spacial score (nSPS) is 16.9. The number of benzene rings is 2. The van der Waals surface area contributed by atoms with Crippen LogP contribution in [-0.2, 0) is 4.79 Å². The fourth-order valence-electron chi connectivity index (χ4n) is 3.00. The lowest BCUT2D eigenvalue weighted by molar-refractivity contribution is -0.121. The summed E-state index contributed by atoms with van der Waals surface area (Å²) in [5.41, 5.74) is 1.97. The van der Waals surface area contributed by atoms with Gasteiger partial charge >= 0.3 is 0 Å². The van der Waals surface area contributed by atoms with Crippen molar-refractivity contribution in [3.63, 3.8) is 0 Å². The van der Waals surface area contributed by atoms with Gasteiger partial charge in [-0.25, -0.2) is 9.67 Å². The van der Waals surface area contributed by atoms with E-state index in [1.807, 2.05) is 61.5 Å². The second kappa shape index (κ2) is 7.84. The van der Waals surface area contributed by atoms with E-state index in [-0.39, 0.29) is 17.2 Å². The molecule has 2 atom stereocenters. The smallest absolute Gasteiger partial charge is 0.233 e. The van der Waals surface area contributed by atoms with E-state index in [1.54, 1.807) is 11.0 Å². The molecule has 138 valence electrons. The average Bonchev–Trinajstić information content (AvgIpc) is 3.17. The fraction of sp³-hybridized carbons (Fsp3) is 0.250. The molecule has 6 nitrogen and oxygen atoms in total. The van der Waals surface area contributed by atoms with E-state index in [0.717, 1.165) is 23.4 Å². The van der Waals surface area contributed by atoms with Gasteiger partial charge in [0.1, 0.15) is 12.1 Å². The van der Waals surface area contributed by atoms with E-state index in [1.165, 1.54) is 11.8 Å². The largest absolute Gasteiger partial charge is 0.493 e. The molecule has 0 aliphatic carbocycles. The van der Waals surface area contributed by atoms with Crippen LogP contribution in [0.5, 0.6) is 5.75 Å². The number of nitrogens with one attached hydrogen (secondary N) is 1. The molecule has 1 aliphatic heterocycles. The van der Waals surface area contributed by atoms with Crippen molar-refractivity contribution in [3.8, 4) is 11.4 Å². The molecule has 0 saturated carbocycles. The van der Waals surface area contributed by atoms with Gasteiger partial charge in [0, 0.05) is 12.0 Å². The first-order valence-electron chi connectivity index (χ1n) is 8.86. The van der Waals surface area contributed by atoms with Gasteiger partial charge in [-0.3, -0.25) is 4.79 Å². The minimum Gasteiger partial charge on any atom is -0.493 e. The van der Waals surface area contributed by atoms with Gasteiger partial charge in [-0.2, -0.15) is 0 Å². The number of thioether (sulfide) groups is 1. The summed E-state index contributed by atoms with van der Waals surface area (Å²) in [6.45, 7) is 2.47. The number of ether oxygens (including phenoxy) is 1. The number of nitrogens with zero attached hydrogens (tertiary/aromatic N) is 3. The molecule has 2 aromatic carbocycles. The molecule has 3 aromatic rings. The molecule has 0 bridgehead atoms. The minimum absolute atomic E-state index is 0.0275. The van der Waals surface area contributed by atoms with Crippen LogP contribution in [0.4, 0.5) is 0 Å². The first kappa shape index (κ1) is 17.6. The van der Waals surface area contributed by atoms with Crippen LogP contribution < -0.4 is 10.1 Å². The molecule has 1 amide bonds. The molecule has 1 aromatic heterocycles. The number of aromatic nitrogens is 3. The number of hydrogen-bond acceptors (Lipinski definition) is 5. The molecule has 0 saturated heterocycles. The van der Waals surface area contributed by atoms with Crippen molar-refractivity contribution in [2.24, 2.45) is 0 Å². The highest BCUT2D eigenvalue weighted by atomic mass is 32.2. The predicted octanol–water partition coefficient (Wildman–Crippen LogP) is 3.39. The summed E-state index contributed by atoms with van der Waals surface area (Å²) in [5.74, 6) is 0.815. The molecule has 1 N–H and O–H groups in total. The number of para-hydroxylation sites is 2. The van der Waals surface area contributed by atoms with Crippen molar-refractivity contribution >= 4 is 17.7 Å². The molecule has 0 fully saturated rings. The molecule has 27 heavy (non-hydrogen) atoms. The highest BCUT2D eigenvalue weighted by molar-refractivity contribution is 8.00. The topological polar surface area (TPSA) is 69.0 Å². The lowest BCUT2D eigenvalue weighted by Crippen LogP contribution is -2.36. The van der Waals surface area contributed by atoms with Crippen molar-refractivity contribution in [1.82, 2.24) is 20.1 Å². The number of amides is 1. The zero-order chi connectivity index (χ0) is 18.6. The third kappa shape index (κ3) is 3.98. The number of carbonyl (C=O) groups excluding carboxylic acids is 1. The van der Waals surface area contributed by atoms with Gasteiger partial charge in [0.25, 0.3) is 0 Å². The SMILES string of the molecule is CC(Sc1ncn(-c2ccccc2)n1)C(=O)NC1CCOc2ccccc21. The van der Waals surface area contributed by atoms with Crippen LogP contribution >= 0.6 is 11.8 Å². The second-order valence-corrected chi connectivity index (χ2v) is 7.61. The lowest BCUT2D eigenvalue weighted by atomic mass is 10.0. The molecule has 2 heterocycles. The van der Waals surface area contributed by atoms with Gasteiger partial charge in [0.2, 0.25) is 11.1 Å². The third-order valence-corrected chi connectivity index (χ3v) is 5.38. The van der Waals surface area contributed by atoms with Crippen molar-refractivity contribution in [3.05, 3.63) is 66.5 Å². The van der Waals surface area contributed by atoms with Crippen LogP contribution in [0.3, 0.4) is 0 Å². The van der Waals surface area contributed by atoms with Crippen LogP contribution in [0.1, 0.15) is 24.9 Å². The summed E-state index contributed by atoms with van der Waals surface area (Å²) in [6.07, 6.45) is 2.43. The molecular weight excluding hydrogens is 360 g/mol. The van der Waals surface area contributed by atoms with Crippen LogP contribution in [-0.4, -0.2) is 32.5 Å². The summed E-state index contributed by atoms with van der Waals surface area (Å²) >= 11 is 1.35. The van der Waals surface area contributed by atoms with Crippen molar-refractivity contribution in [2.45, 2.75) is 29.8 Å². The molecule has 2 unspecified atom stereocenters. The van der Waals surface area contributed by atoms with Gasteiger partial charge in [0.05, 0.1) is 23.6 Å². The minimum atomic E-state index is -0.299. The van der Waals surface area contributed by atoms with Crippen molar-refractivity contribution in [1.29, 1.82) is 0 Å². The third-order valence-electron chi connectivity index (χ3n) is 4.42. The Kier molecular flexibility index (Phi) is 5.11. The van der Waals surface area contributed by atoms with E-state index < -0.39 is 0 Å². The highest BCUT2D eigenvalue weighted by Gasteiger charge is 2.25. The van der Waals surface area contributed by atoms with Gasteiger partial charge in [-0.1, -0.05) is 48.2 Å². The molecule has 1 aliphatic rings. The summed E-state index contributed by atoms with van der Waals surface area (Å²) in [7, 11) is 0. The molecular formula is C20H20N4O2S. The Morgan fingerprint density at radius 1 is 1.22 bits per heavy atom. The van der Waals surface area contributed by atoms with Gasteiger partial charge in [-0.05, 0) is 25.1 Å². The van der Waals surface area contributed by atoms with Crippen LogP contribution in [0, 0.1) is 0 Å². The standard InChI is InChI=1S/C20H20N4O2S/c1-14(27-20-21-13-24(23-20)15-7-3-2-4-8-15)19(25)22-17-11-12-26-18-10-6-5-9-16(17)18/h2-10,13-14,17H,11-12H2,1H3,(H,22,25). The summed E-state index contributed by atoms with van der Waals surface area (Å²) < 4.78 is 7.37. The quantitative estimate of drug-likeness (QED) is 0.687. The van der Waals surface area contributed by atoms with Crippen molar-refractivity contribution < 1.29 is 9.53 Å². The van der Waals surface area contributed by atoms with E-state index >= 15 is 0 Å². The summed E-state index contributed by atoms with van der Waals surface area (Å²) in [6, 6.07) is 17.6. The molecule has 4 rings (SSSR count). The van der Waals surface area contributed by atoms with E-state index in [2.05, 4.69) is 15.4 Å². The number of hydrogen-bond donors (Lipinski definition) is 1. The fourth-order valence-corrected chi connectivity index (χ4v) is 3.73. The van der Waals surface area contributed by atoms with Crippen LogP contribution in [0.25, 0.3) is 5.69 Å². The zero-order valence-electron chi connectivity index (χ0n) is 14.9. The maximum atomic E-state index is 12.7. The summed E-state index contributed by atoms with van der Waals surface area (Å²) in [5, 5.41) is 7.86. The average molecular weight is 380 g/mol. The predicted molar refractivity (Wildman–Crippen MR) is 104 cm³/mol. The Morgan fingerprint density at radius 2 is 2.00 bits per heavy atom. The van der Waals surface area contributed by atoms with Gasteiger partial charge < -0.3 is 10.1 Å². The first-order valence-corrected chi connectivity index (χ1v) is 9.74. The molecule has 0 radical (unpaired) electrons. The lowest BCUT2D eigenvalue weighted by Gasteiger charge is -2.27. The van der Waals surface area contributed by atoms with E-state index in [4.69, 9.17) is 4.74 Å². The van der Waals surface area contributed by atoms with Crippen molar-refractivity contribution in [2.75, 3.05) is 6.61 Å². The Labute approximate surface area is 162 Å². The number of fused-ring (bicyclic) bond motifs is 1. The maximum absolute atomic E-state index is 12.7. The van der Waals surface area contributed by atoms with E-state index in [9.17, 15) is 4.79 Å². The van der Waals surface area contributed by atoms with Gasteiger partial charge in [0.15, 0.2) is 0 Å². The van der Waals surface area contributed by atoms with Crippen LogP contribution in [0.15, 0.2) is 66.1 Å². The molecule has 0 spiro atoms. The maximum Gasteiger partial charge on any atom is 0.233 e. The Morgan fingerprint density at radius 3 is 2.85 bits per heavy atom. The second-order valence-electron chi connectivity index (χ2n) is 6.30. The Balaban J connectivity index is 1.40. The van der Waals surface area contributed by atoms with Crippen LogP contribution in [0.2, 0.25) is 0 Å². The monoisotopic (exact) mass is 380 g/mol. The van der Waals surface area contributed by atoms with E-state index in [0.29, 0.717) is 11.8 Å².